The van der Waals surface area contributed by atoms with Crippen LogP contribution in [0.1, 0.15) is 5.56 Å². The maximum atomic E-state index is 12.8. The number of pyridine rings is 2. The molecule has 0 saturated carbocycles. The number of rotatable bonds is 1. The Hall–Kier alpha value is -2.17. The molecule has 0 aliphatic heterocycles. The molecule has 1 aromatic carbocycles. The molecule has 0 amide bonds. The first-order valence-corrected chi connectivity index (χ1v) is 8.00. The van der Waals surface area contributed by atoms with Crippen LogP contribution < -0.4 is 5.56 Å². The van der Waals surface area contributed by atoms with E-state index in [0.717, 1.165) is 26.9 Å². The molecule has 3 heterocycles. The normalized spacial score (nSPS) is 11.4. The van der Waals surface area contributed by atoms with Gasteiger partial charge in [-0.25, -0.2) is 4.98 Å². The summed E-state index contributed by atoms with van der Waals surface area (Å²) in [5.41, 5.74) is 1.98. The van der Waals surface area contributed by atoms with Crippen LogP contribution in [0.3, 0.4) is 0 Å². The van der Waals surface area contributed by atoms with Crippen LogP contribution in [0.2, 0.25) is 5.02 Å². The summed E-state index contributed by atoms with van der Waals surface area (Å²) in [6.07, 6.45) is 3.46. The molecule has 0 spiro atoms. The molecule has 0 bridgehead atoms. The van der Waals surface area contributed by atoms with E-state index in [1.165, 1.54) is 11.3 Å². The number of hydrogen-bond donors (Lipinski definition) is 0. The lowest BCUT2D eigenvalue weighted by molar-refractivity contribution is 1.01. The van der Waals surface area contributed by atoms with Gasteiger partial charge in [0, 0.05) is 28.9 Å². The number of hydrogen-bond acceptors (Lipinski definition) is 3. The molecule has 108 valence electrons. The molecule has 0 N–H and O–H groups in total. The standard InChI is InChI=1S/C17H11ClN2OS/c1-10-2-4-11(5-3-10)20-9-7-12-14-13(18)6-8-19-16(14)22-15(12)17(20)21/h2-9H,1H3. The zero-order chi connectivity index (χ0) is 15.3. The number of halogens is 1. The molecule has 4 aromatic rings. The first kappa shape index (κ1) is 13.5. The summed E-state index contributed by atoms with van der Waals surface area (Å²) in [6.45, 7) is 2.02. The summed E-state index contributed by atoms with van der Waals surface area (Å²) >= 11 is 7.65. The molecule has 22 heavy (non-hydrogen) atoms. The molecular formula is C17H11ClN2OS. The van der Waals surface area contributed by atoms with E-state index in [1.54, 1.807) is 23.0 Å². The van der Waals surface area contributed by atoms with Crippen LogP contribution in [-0.2, 0) is 0 Å². The lowest BCUT2D eigenvalue weighted by Crippen LogP contribution is -2.16. The maximum absolute atomic E-state index is 12.8. The minimum atomic E-state index is -0.0413. The molecule has 5 heteroatoms. The van der Waals surface area contributed by atoms with Crippen molar-refractivity contribution in [1.29, 1.82) is 0 Å². The van der Waals surface area contributed by atoms with Gasteiger partial charge in [-0.3, -0.25) is 9.36 Å². The third-order valence-corrected chi connectivity index (χ3v) is 5.11. The number of fused-ring (bicyclic) bond motifs is 3. The lowest BCUT2D eigenvalue weighted by Gasteiger charge is -2.06. The van der Waals surface area contributed by atoms with Crippen LogP contribution in [-0.4, -0.2) is 9.55 Å². The van der Waals surface area contributed by atoms with Crippen molar-refractivity contribution in [3.8, 4) is 5.69 Å². The van der Waals surface area contributed by atoms with Crippen molar-refractivity contribution in [2.45, 2.75) is 6.92 Å². The first-order chi connectivity index (χ1) is 10.6. The number of aryl methyl sites for hydroxylation is 1. The molecule has 4 rings (SSSR count). The number of aromatic nitrogens is 2. The van der Waals surface area contributed by atoms with E-state index in [2.05, 4.69) is 4.98 Å². The molecule has 3 nitrogen and oxygen atoms in total. The molecule has 0 saturated heterocycles. The Labute approximate surface area is 135 Å². The van der Waals surface area contributed by atoms with Gasteiger partial charge in [-0.05, 0) is 31.2 Å². The van der Waals surface area contributed by atoms with Gasteiger partial charge in [-0.1, -0.05) is 29.3 Å². The number of thiophene rings is 1. The van der Waals surface area contributed by atoms with Crippen LogP contribution in [0.5, 0.6) is 0 Å². The molecule has 0 unspecified atom stereocenters. The topological polar surface area (TPSA) is 34.9 Å². The summed E-state index contributed by atoms with van der Waals surface area (Å²) in [7, 11) is 0. The Kier molecular flexibility index (Phi) is 3.03. The van der Waals surface area contributed by atoms with E-state index >= 15 is 0 Å². The Balaban J connectivity index is 2.06. The summed E-state index contributed by atoms with van der Waals surface area (Å²) in [5.74, 6) is 0. The molecule has 0 aliphatic carbocycles. The average molecular weight is 327 g/mol. The first-order valence-electron chi connectivity index (χ1n) is 6.80. The van der Waals surface area contributed by atoms with Gasteiger partial charge in [0.05, 0.1) is 5.02 Å². The molecule has 0 fully saturated rings. The highest BCUT2D eigenvalue weighted by Crippen LogP contribution is 2.34. The smallest absolute Gasteiger partial charge is 0.273 e. The van der Waals surface area contributed by atoms with Crippen LogP contribution in [0.15, 0.2) is 53.6 Å². The van der Waals surface area contributed by atoms with Crippen molar-refractivity contribution in [3.63, 3.8) is 0 Å². The average Bonchev–Trinajstić information content (AvgIpc) is 2.90. The van der Waals surface area contributed by atoms with Gasteiger partial charge < -0.3 is 0 Å². The van der Waals surface area contributed by atoms with E-state index < -0.39 is 0 Å². The highest BCUT2D eigenvalue weighted by Gasteiger charge is 2.13. The monoisotopic (exact) mass is 326 g/mol. The third-order valence-electron chi connectivity index (χ3n) is 3.69. The Morgan fingerprint density at radius 2 is 1.91 bits per heavy atom. The van der Waals surface area contributed by atoms with Gasteiger partial charge >= 0.3 is 0 Å². The zero-order valence-electron chi connectivity index (χ0n) is 11.7. The SMILES string of the molecule is Cc1ccc(-n2ccc3c(sc4nccc(Cl)c43)c2=O)cc1. The predicted octanol–water partition coefficient (Wildman–Crippen LogP) is 4.56. The van der Waals surface area contributed by atoms with Gasteiger partial charge in [0.2, 0.25) is 0 Å². The van der Waals surface area contributed by atoms with Crippen LogP contribution in [0, 0.1) is 6.92 Å². The van der Waals surface area contributed by atoms with Gasteiger partial charge in [-0.15, -0.1) is 11.3 Å². The van der Waals surface area contributed by atoms with Crippen molar-refractivity contribution in [2.75, 3.05) is 0 Å². The third kappa shape index (κ3) is 1.95. The van der Waals surface area contributed by atoms with Crippen molar-refractivity contribution < 1.29 is 0 Å². The highest BCUT2D eigenvalue weighted by atomic mass is 35.5. The van der Waals surface area contributed by atoms with Crippen LogP contribution in [0.4, 0.5) is 0 Å². The highest BCUT2D eigenvalue weighted by molar-refractivity contribution is 7.25. The van der Waals surface area contributed by atoms with E-state index in [9.17, 15) is 4.79 Å². The second-order valence-corrected chi connectivity index (χ2v) is 6.55. The van der Waals surface area contributed by atoms with Crippen molar-refractivity contribution in [3.05, 3.63) is 69.7 Å². The zero-order valence-corrected chi connectivity index (χ0v) is 13.3. The molecule has 3 aromatic heterocycles. The van der Waals surface area contributed by atoms with Gasteiger partial charge in [0.15, 0.2) is 0 Å². The molecule has 0 radical (unpaired) electrons. The fourth-order valence-electron chi connectivity index (χ4n) is 2.56. The fraction of sp³-hybridized carbons (Fsp3) is 0.0588. The van der Waals surface area contributed by atoms with Gasteiger partial charge in [-0.2, -0.15) is 0 Å². The molecular weight excluding hydrogens is 316 g/mol. The maximum Gasteiger partial charge on any atom is 0.273 e. The summed E-state index contributed by atoms with van der Waals surface area (Å²) in [4.78, 5) is 17.9. The number of nitrogens with zero attached hydrogens (tertiary/aromatic N) is 2. The molecule has 0 aliphatic rings. The quantitative estimate of drug-likeness (QED) is 0.514. The van der Waals surface area contributed by atoms with Gasteiger partial charge in [0.1, 0.15) is 9.53 Å². The minimum absolute atomic E-state index is 0.0413. The van der Waals surface area contributed by atoms with Crippen LogP contribution >= 0.6 is 22.9 Å². The van der Waals surface area contributed by atoms with Gasteiger partial charge in [0.25, 0.3) is 5.56 Å². The van der Waals surface area contributed by atoms with E-state index in [-0.39, 0.29) is 5.56 Å². The Bertz CT molecular complexity index is 1060. The summed E-state index contributed by atoms with van der Waals surface area (Å²) in [6, 6.07) is 11.6. The van der Waals surface area contributed by atoms with Crippen LogP contribution in [0.25, 0.3) is 26.0 Å². The van der Waals surface area contributed by atoms with E-state index in [4.69, 9.17) is 11.6 Å². The van der Waals surface area contributed by atoms with E-state index in [1.807, 2.05) is 37.3 Å². The van der Waals surface area contributed by atoms with Crippen molar-refractivity contribution in [2.24, 2.45) is 0 Å². The number of benzene rings is 1. The van der Waals surface area contributed by atoms with Crippen molar-refractivity contribution in [1.82, 2.24) is 9.55 Å². The Morgan fingerprint density at radius 3 is 2.68 bits per heavy atom. The fourth-order valence-corrected chi connectivity index (χ4v) is 3.96. The molecule has 0 atom stereocenters. The second kappa shape index (κ2) is 4.93. The van der Waals surface area contributed by atoms with E-state index in [0.29, 0.717) is 9.72 Å². The summed E-state index contributed by atoms with van der Waals surface area (Å²) in [5, 5.41) is 2.35. The lowest BCUT2D eigenvalue weighted by atomic mass is 10.2. The second-order valence-electron chi connectivity index (χ2n) is 5.14. The summed E-state index contributed by atoms with van der Waals surface area (Å²) < 4.78 is 2.34. The largest absolute Gasteiger partial charge is 0.283 e. The minimum Gasteiger partial charge on any atom is -0.283 e. The van der Waals surface area contributed by atoms with Crippen molar-refractivity contribution >= 4 is 43.2 Å². The predicted molar refractivity (Wildman–Crippen MR) is 92.5 cm³/mol. The Morgan fingerprint density at radius 1 is 1.14 bits per heavy atom.